The zero-order valence-electron chi connectivity index (χ0n) is 13.9. The van der Waals surface area contributed by atoms with Gasteiger partial charge in [0, 0.05) is 42.7 Å². The van der Waals surface area contributed by atoms with Gasteiger partial charge in [-0.25, -0.2) is 0 Å². The molecule has 0 radical (unpaired) electrons. The van der Waals surface area contributed by atoms with E-state index in [1.54, 1.807) is 0 Å². The summed E-state index contributed by atoms with van der Waals surface area (Å²) >= 11 is 2.36. The third-order valence-electron chi connectivity index (χ3n) is 3.92. The summed E-state index contributed by atoms with van der Waals surface area (Å²) < 4.78 is 1.28. The first kappa shape index (κ1) is 17.7. The van der Waals surface area contributed by atoms with Gasteiger partial charge in [-0.15, -0.1) is 0 Å². The second-order valence-corrected chi connectivity index (χ2v) is 8.62. The van der Waals surface area contributed by atoms with E-state index in [-0.39, 0.29) is 5.41 Å². The van der Waals surface area contributed by atoms with Crippen molar-refractivity contribution in [1.82, 2.24) is 9.80 Å². The molecule has 0 spiro atoms. The summed E-state index contributed by atoms with van der Waals surface area (Å²) in [5.74, 6) is 0.309. The van der Waals surface area contributed by atoms with E-state index in [1.165, 1.54) is 9.13 Å². The van der Waals surface area contributed by atoms with E-state index >= 15 is 0 Å². The maximum Gasteiger partial charge on any atom is 0.223 e. The van der Waals surface area contributed by atoms with Crippen molar-refractivity contribution in [1.29, 1.82) is 0 Å². The third-order valence-corrected chi connectivity index (χ3v) is 4.59. The van der Waals surface area contributed by atoms with Gasteiger partial charge in [-0.05, 0) is 52.1 Å². The predicted molar refractivity (Wildman–Crippen MR) is 99.7 cm³/mol. The molecule has 122 valence electrons. The van der Waals surface area contributed by atoms with E-state index in [1.807, 2.05) is 0 Å². The first-order chi connectivity index (χ1) is 10.3. The van der Waals surface area contributed by atoms with Crippen LogP contribution in [0.5, 0.6) is 0 Å². The summed E-state index contributed by atoms with van der Waals surface area (Å²) in [6, 6.07) is 8.68. The Bertz CT molecular complexity index is 510. The SMILES string of the molecule is CC(C)(C)CC(=O)N1CCCN(Cc2cccc(I)c2)CC1. The summed E-state index contributed by atoms with van der Waals surface area (Å²) in [7, 11) is 0. The molecular formula is C18H27IN2O. The smallest absolute Gasteiger partial charge is 0.223 e. The second-order valence-electron chi connectivity index (χ2n) is 7.38. The van der Waals surface area contributed by atoms with Gasteiger partial charge in [-0.2, -0.15) is 0 Å². The molecule has 1 heterocycles. The highest BCUT2D eigenvalue weighted by Gasteiger charge is 2.23. The Balaban J connectivity index is 1.88. The molecule has 1 aliphatic rings. The van der Waals surface area contributed by atoms with Crippen LogP contribution in [0.4, 0.5) is 0 Å². The van der Waals surface area contributed by atoms with Crippen LogP contribution in [-0.2, 0) is 11.3 Å². The monoisotopic (exact) mass is 414 g/mol. The molecule has 1 aromatic rings. The Kier molecular flexibility index (Phi) is 6.26. The molecule has 3 nitrogen and oxygen atoms in total. The topological polar surface area (TPSA) is 23.6 Å². The van der Waals surface area contributed by atoms with Gasteiger partial charge in [-0.1, -0.05) is 32.9 Å². The van der Waals surface area contributed by atoms with Crippen molar-refractivity contribution in [3.8, 4) is 0 Å². The van der Waals surface area contributed by atoms with Crippen LogP contribution in [0.25, 0.3) is 0 Å². The lowest BCUT2D eigenvalue weighted by Crippen LogP contribution is -2.36. The maximum atomic E-state index is 12.4. The third kappa shape index (κ3) is 5.88. The number of carbonyl (C=O) groups excluding carboxylic acids is 1. The van der Waals surface area contributed by atoms with Crippen LogP contribution in [0.1, 0.15) is 39.2 Å². The number of benzene rings is 1. The van der Waals surface area contributed by atoms with Gasteiger partial charge in [0.25, 0.3) is 0 Å². The molecule has 1 aliphatic heterocycles. The van der Waals surface area contributed by atoms with E-state index in [9.17, 15) is 4.79 Å². The number of amides is 1. The van der Waals surface area contributed by atoms with Crippen molar-refractivity contribution < 1.29 is 4.79 Å². The minimum absolute atomic E-state index is 0.0732. The van der Waals surface area contributed by atoms with Crippen LogP contribution in [0.3, 0.4) is 0 Å². The standard InChI is InChI=1S/C18H27IN2O/c1-18(2,3)13-17(22)21-9-5-8-20(10-11-21)14-15-6-4-7-16(19)12-15/h4,6-7,12H,5,8-11,13-14H2,1-3H3. The summed E-state index contributed by atoms with van der Waals surface area (Å²) in [5.41, 5.74) is 1.44. The minimum Gasteiger partial charge on any atom is -0.341 e. The Morgan fingerprint density at radius 3 is 2.64 bits per heavy atom. The molecule has 0 unspecified atom stereocenters. The first-order valence-electron chi connectivity index (χ1n) is 8.08. The van der Waals surface area contributed by atoms with Crippen molar-refractivity contribution in [2.45, 2.75) is 40.2 Å². The van der Waals surface area contributed by atoms with Crippen molar-refractivity contribution in [2.75, 3.05) is 26.2 Å². The van der Waals surface area contributed by atoms with Crippen molar-refractivity contribution in [3.05, 3.63) is 33.4 Å². The lowest BCUT2D eigenvalue weighted by molar-refractivity contribution is -0.132. The van der Waals surface area contributed by atoms with Gasteiger partial charge in [0.1, 0.15) is 0 Å². The summed E-state index contributed by atoms with van der Waals surface area (Å²) in [5, 5.41) is 0. The van der Waals surface area contributed by atoms with E-state index in [0.29, 0.717) is 12.3 Å². The normalized spacial score (nSPS) is 17.4. The number of hydrogen-bond donors (Lipinski definition) is 0. The molecule has 4 heteroatoms. The molecule has 22 heavy (non-hydrogen) atoms. The molecule has 1 aromatic carbocycles. The average Bonchev–Trinajstić information content (AvgIpc) is 2.62. The van der Waals surface area contributed by atoms with Crippen LogP contribution < -0.4 is 0 Å². The molecule has 0 saturated carbocycles. The molecule has 0 aromatic heterocycles. The van der Waals surface area contributed by atoms with Crippen molar-refractivity contribution in [3.63, 3.8) is 0 Å². The van der Waals surface area contributed by atoms with E-state index < -0.39 is 0 Å². The lowest BCUT2D eigenvalue weighted by atomic mass is 9.91. The number of halogens is 1. The van der Waals surface area contributed by atoms with Crippen LogP contribution in [0, 0.1) is 8.99 Å². The van der Waals surface area contributed by atoms with Gasteiger partial charge >= 0.3 is 0 Å². The Morgan fingerprint density at radius 1 is 1.18 bits per heavy atom. The van der Waals surface area contributed by atoms with Crippen molar-refractivity contribution >= 4 is 28.5 Å². The average molecular weight is 414 g/mol. The molecule has 1 saturated heterocycles. The predicted octanol–water partition coefficient (Wildman–Crippen LogP) is 3.76. The van der Waals surface area contributed by atoms with Crippen LogP contribution >= 0.6 is 22.6 Å². The fourth-order valence-electron chi connectivity index (χ4n) is 2.84. The summed E-state index contributed by atoms with van der Waals surface area (Å²) in [6.07, 6.45) is 1.71. The van der Waals surface area contributed by atoms with Gasteiger partial charge in [0.15, 0.2) is 0 Å². The van der Waals surface area contributed by atoms with E-state index in [4.69, 9.17) is 0 Å². The summed E-state index contributed by atoms with van der Waals surface area (Å²) in [4.78, 5) is 16.9. The number of rotatable bonds is 3. The molecular weight excluding hydrogens is 387 g/mol. The highest BCUT2D eigenvalue weighted by Crippen LogP contribution is 2.20. The molecule has 0 bridgehead atoms. The number of nitrogens with zero attached hydrogens (tertiary/aromatic N) is 2. The maximum absolute atomic E-state index is 12.4. The molecule has 0 N–H and O–H groups in total. The minimum atomic E-state index is 0.0732. The van der Waals surface area contributed by atoms with E-state index in [2.05, 4.69) is 77.4 Å². The molecule has 1 fully saturated rings. The Morgan fingerprint density at radius 2 is 1.95 bits per heavy atom. The Hall–Kier alpha value is -0.620. The first-order valence-corrected chi connectivity index (χ1v) is 9.16. The van der Waals surface area contributed by atoms with Gasteiger partial charge < -0.3 is 4.90 Å². The van der Waals surface area contributed by atoms with Gasteiger partial charge in [0.05, 0.1) is 0 Å². The zero-order chi connectivity index (χ0) is 16.2. The van der Waals surface area contributed by atoms with Gasteiger partial charge in [0.2, 0.25) is 5.91 Å². The fourth-order valence-corrected chi connectivity index (χ4v) is 3.45. The van der Waals surface area contributed by atoms with Crippen LogP contribution in [0.2, 0.25) is 0 Å². The summed E-state index contributed by atoms with van der Waals surface area (Å²) in [6.45, 7) is 11.2. The zero-order valence-corrected chi connectivity index (χ0v) is 16.1. The number of carbonyl (C=O) groups is 1. The largest absolute Gasteiger partial charge is 0.341 e. The number of hydrogen-bond acceptors (Lipinski definition) is 2. The quantitative estimate of drug-likeness (QED) is 0.704. The fraction of sp³-hybridized carbons (Fsp3) is 0.611. The molecule has 0 atom stereocenters. The lowest BCUT2D eigenvalue weighted by Gasteiger charge is -2.25. The highest BCUT2D eigenvalue weighted by atomic mass is 127. The molecule has 2 rings (SSSR count). The van der Waals surface area contributed by atoms with Gasteiger partial charge in [-0.3, -0.25) is 9.69 Å². The molecule has 1 amide bonds. The molecule has 0 aliphatic carbocycles. The van der Waals surface area contributed by atoms with E-state index in [0.717, 1.165) is 39.1 Å². The van der Waals surface area contributed by atoms with Crippen LogP contribution in [-0.4, -0.2) is 41.9 Å². The Labute approximate surface area is 148 Å². The second kappa shape index (κ2) is 7.77. The van der Waals surface area contributed by atoms with Crippen molar-refractivity contribution in [2.24, 2.45) is 5.41 Å². The van der Waals surface area contributed by atoms with Crippen LogP contribution in [0.15, 0.2) is 24.3 Å². The highest BCUT2D eigenvalue weighted by molar-refractivity contribution is 14.1.